The minimum Gasteiger partial charge on any atom is -0.482 e. The molecule has 1 saturated carbocycles. The van der Waals surface area contributed by atoms with E-state index in [9.17, 15) is 9.59 Å². The largest absolute Gasteiger partial charge is 0.482 e. The highest BCUT2D eigenvalue weighted by atomic mass is 35.5. The number of hydrogen-bond acceptors (Lipinski definition) is 5. The van der Waals surface area contributed by atoms with Gasteiger partial charge < -0.3 is 4.74 Å². The number of nitrogens with zero attached hydrogens (tertiary/aromatic N) is 2. The normalized spacial score (nSPS) is 18.6. The summed E-state index contributed by atoms with van der Waals surface area (Å²) in [6, 6.07) is 9.83. The van der Waals surface area contributed by atoms with Gasteiger partial charge in [-0.05, 0) is 55.7 Å². The first-order chi connectivity index (χ1) is 15.0. The standard InChI is InChI=1S/C22H18Cl2N4O3/c23-14-4-6-18(15(24)9-14)31-10-19(29)27-28-22(30)13-3-5-16-17(8-13)26-21-12-2-1-11(7-12)20(21)25-16/h3-6,8-9,11-12H,1-2,7,10H2,(H,27,29)(H,28,30). The Kier molecular flexibility index (Phi) is 5.16. The monoisotopic (exact) mass is 456 g/mol. The maximum absolute atomic E-state index is 12.5. The molecule has 2 bridgehead atoms. The molecule has 1 aromatic heterocycles. The maximum atomic E-state index is 12.5. The van der Waals surface area contributed by atoms with Crippen molar-refractivity contribution in [1.29, 1.82) is 0 Å². The summed E-state index contributed by atoms with van der Waals surface area (Å²) in [6.07, 6.45) is 3.48. The first kappa shape index (κ1) is 20.0. The van der Waals surface area contributed by atoms with Crippen LogP contribution in [0.4, 0.5) is 0 Å². The number of hydrazine groups is 1. The molecular weight excluding hydrogens is 439 g/mol. The van der Waals surface area contributed by atoms with Crippen LogP contribution in [0.3, 0.4) is 0 Å². The average molecular weight is 457 g/mol. The minimum atomic E-state index is -0.534. The van der Waals surface area contributed by atoms with Crippen molar-refractivity contribution in [3.05, 3.63) is 63.4 Å². The molecule has 2 aliphatic carbocycles. The quantitative estimate of drug-likeness (QED) is 0.575. The zero-order valence-corrected chi connectivity index (χ0v) is 17.8. The number of halogens is 2. The number of nitrogens with one attached hydrogen (secondary N) is 2. The van der Waals surface area contributed by atoms with Crippen molar-refractivity contribution in [1.82, 2.24) is 20.8 Å². The Balaban J connectivity index is 1.21. The first-order valence-corrected chi connectivity index (χ1v) is 10.7. The molecule has 1 fully saturated rings. The number of carbonyl (C=O) groups is 2. The Morgan fingerprint density at radius 3 is 2.45 bits per heavy atom. The van der Waals surface area contributed by atoms with Gasteiger partial charge in [0.2, 0.25) is 0 Å². The Hall–Kier alpha value is -2.90. The van der Waals surface area contributed by atoms with Gasteiger partial charge in [-0.1, -0.05) is 23.2 Å². The van der Waals surface area contributed by atoms with Gasteiger partial charge >= 0.3 is 0 Å². The van der Waals surface area contributed by atoms with Crippen LogP contribution in [-0.4, -0.2) is 28.4 Å². The molecule has 7 nitrogen and oxygen atoms in total. The van der Waals surface area contributed by atoms with E-state index in [1.54, 1.807) is 30.3 Å². The van der Waals surface area contributed by atoms with E-state index in [1.807, 2.05) is 0 Å². The van der Waals surface area contributed by atoms with E-state index in [0.717, 1.165) is 29.7 Å². The lowest BCUT2D eigenvalue weighted by Crippen LogP contribution is -2.43. The van der Waals surface area contributed by atoms with Crippen LogP contribution >= 0.6 is 23.2 Å². The first-order valence-electron chi connectivity index (χ1n) is 9.96. The molecule has 2 N–H and O–H groups in total. The fourth-order valence-corrected chi connectivity index (χ4v) is 4.74. The van der Waals surface area contributed by atoms with Gasteiger partial charge in [-0.25, -0.2) is 9.97 Å². The summed E-state index contributed by atoms with van der Waals surface area (Å²) in [5.74, 6) is 0.349. The van der Waals surface area contributed by atoms with Crippen LogP contribution in [0, 0.1) is 0 Å². The molecule has 0 radical (unpaired) electrons. The van der Waals surface area contributed by atoms with Gasteiger partial charge in [-0.15, -0.1) is 0 Å². The number of hydrogen-bond donors (Lipinski definition) is 2. The smallest absolute Gasteiger partial charge is 0.276 e. The number of aromatic nitrogens is 2. The van der Waals surface area contributed by atoms with Crippen molar-refractivity contribution >= 4 is 46.0 Å². The van der Waals surface area contributed by atoms with Crippen LogP contribution in [0.5, 0.6) is 5.75 Å². The minimum absolute atomic E-state index is 0.293. The number of benzene rings is 2. The molecule has 31 heavy (non-hydrogen) atoms. The summed E-state index contributed by atoms with van der Waals surface area (Å²) >= 11 is 11.8. The van der Waals surface area contributed by atoms with Gasteiger partial charge in [0, 0.05) is 22.4 Å². The van der Waals surface area contributed by atoms with E-state index in [-0.39, 0.29) is 6.61 Å². The molecule has 0 spiro atoms. The van der Waals surface area contributed by atoms with Crippen molar-refractivity contribution in [3.8, 4) is 5.75 Å². The van der Waals surface area contributed by atoms with Crippen molar-refractivity contribution in [2.75, 3.05) is 6.61 Å². The summed E-state index contributed by atoms with van der Waals surface area (Å²) in [6.45, 7) is -0.320. The highest BCUT2D eigenvalue weighted by Gasteiger charge is 2.39. The van der Waals surface area contributed by atoms with Gasteiger partial charge in [-0.3, -0.25) is 20.4 Å². The maximum Gasteiger partial charge on any atom is 0.276 e. The van der Waals surface area contributed by atoms with Gasteiger partial charge in [-0.2, -0.15) is 0 Å². The predicted molar refractivity (Wildman–Crippen MR) is 116 cm³/mol. The molecule has 9 heteroatoms. The average Bonchev–Trinajstić information content (AvgIpc) is 3.37. The van der Waals surface area contributed by atoms with Crippen molar-refractivity contribution < 1.29 is 14.3 Å². The lowest BCUT2D eigenvalue weighted by molar-refractivity contribution is -0.123. The third kappa shape index (κ3) is 3.91. The summed E-state index contributed by atoms with van der Waals surface area (Å²) < 4.78 is 5.34. The SMILES string of the molecule is O=C(COc1ccc(Cl)cc1Cl)NNC(=O)c1ccc2nc3c(nc2c1)C1CCC3C1. The second kappa shape index (κ2) is 7.98. The number of ether oxygens (including phenoxy) is 1. The van der Waals surface area contributed by atoms with Crippen molar-refractivity contribution in [2.45, 2.75) is 31.1 Å². The molecule has 5 rings (SSSR count). The van der Waals surface area contributed by atoms with Crippen LogP contribution in [0.2, 0.25) is 10.0 Å². The Labute approximate surface area is 188 Å². The molecule has 1 heterocycles. The summed E-state index contributed by atoms with van der Waals surface area (Å²) in [7, 11) is 0. The number of amides is 2. The molecule has 0 aliphatic heterocycles. The van der Waals surface area contributed by atoms with E-state index in [1.165, 1.54) is 12.5 Å². The summed E-state index contributed by atoms with van der Waals surface area (Å²) in [5, 5.41) is 0.757. The Morgan fingerprint density at radius 1 is 0.968 bits per heavy atom. The zero-order chi connectivity index (χ0) is 21.5. The van der Waals surface area contributed by atoms with Crippen molar-refractivity contribution in [2.24, 2.45) is 0 Å². The molecule has 2 unspecified atom stereocenters. The second-order valence-corrected chi connectivity index (χ2v) is 8.61. The molecule has 2 aromatic carbocycles. The van der Waals surface area contributed by atoms with Gasteiger partial charge in [0.25, 0.3) is 11.8 Å². The number of rotatable bonds is 4. The molecule has 158 valence electrons. The molecule has 2 atom stereocenters. The molecule has 2 amide bonds. The highest BCUT2D eigenvalue weighted by Crippen LogP contribution is 2.51. The van der Waals surface area contributed by atoms with E-state index in [0.29, 0.717) is 38.7 Å². The van der Waals surface area contributed by atoms with E-state index in [2.05, 4.69) is 10.9 Å². The Morgan fingerprint density at radius 2 is 1.71 bits per heavy atom. The van der Waals surface area contributed by atoms with E-state index >= 15 is 0 Å². The fourth-order valence-electron chi connectivity index (χ4n) is 4.27. The highest BCUT2D eigenvalue weighted by molar-refractivity contribution is 6.35. The van der Waals surface area contributed by atoms with Crippen LogP contribution in [0.15, 0.2) is 36.4 Å². The van der Waals surface area contributed by atoms with Crippen LogP contribution in [-0.2, 0) is 4.79 Å². The number of fused-ring (bicyclic) bond motifs is 6. The fraction of sp³-hybridized carbons (Fsp3) is 0.273. The lowest BCUT2D eigenvalue weighted by Gasteiger charge is -2.14. The Bertz CT molecular complexity index is 1220. The third-order valence-corrected chi connectivity index (χ3v) is 6.29. The predicted octanol–water partition coefficient (Wildman–Crippen LogP) is 4.14. The van der Waals surface area contributed by atoms with E-state index < -0.39 is 11.8 Å². The van der Waals surface area contributed by atoms with Gasteiger partial charge in [0.05, 0.1) is 27.4 Å². The van der Waals surface area contributed by atoms with Crippen LogP contribution in [0.25, 0.3) is 11.0 Å². The van der Waals surface area contributed by atoms with E-state index in [4.69, 9.17) is 37.9 Å². The lowest BCUT2D eigenvalue weighted by atomic mass is 10.00. The molecule has 2 aliphatic rings. The second-order valence-electron chi connectivity index (χ2n) is 7.77. The third-order valence-electron chi connectivity index (χ3n) is 5.76. The van der Waals surface area contributed by atoms with Crippen LogP contribution < -0.4 is 15.6 Å². The molecule has 3 aromatic rings. The molecular formula is C22H18Cl2N4O3. The topological polar surface area (TPSA) is 93.2 Å². The van der Waals surface area contributed by atoms with Crippen molar-refractivity contribution in [3.63, 3.8) is 0 Å². The number of carbonyl (C=O) groups excluding carboxylic acids is 2. The van der Waals surface area contributed by atoms with Gasteiger partial charge in [0.15, 0.2) is 6.61 Å². The summed E-state index contributed by atoms with van der Waals surface area (Å²) in [4.78, 5) is 34.0. The molecule has 0 saturated heterocycles. The summed E-state index contributed by atoms with van der Waals surface area (Å²) in [5.41, 5.74) is 8.75. The van der Waals surface area contributed by atoms with Gasteiger partial charge in [0.1, 0.15) is 5.75 Å². The van der Waals surface area contributed by atoms with Crippen LogP contribution in [0.1, 0.15) is 52.8 Å². The zero-order valence-electron chi connectivity index (χ0n) is 16.3.